The SMILES string of the molecule is CCCCCC(C)C.[Cl-].[Cl-].[Mg+2]. The summed E-state index contributed by atoms with van der Waals surface area (Å²) in [7, 11) is 0. The molecule has 0 aliphatic heterocycles. The summed E-state index contributed by atoms with van der Waals surface area (Å²) in [5.41, 5.74) is 0. The van der Waals surface area contributed by atoms with Crippen LogP contribution in [0.2, 0.25) is 0 Å². The second-order valence-corrected chi connectivity index (χ2v) is 2.89. The van der Waals surface area contributed by atoms with Gasteiger partial charge in [-0.15, -0.1) is 0 Å². The Kier molecular flexibility index (Phi) is 36.2. The molecule has 0 aliphatic carbocycles. The second-order valence-electron chi connectivity index (χ2n) is 2.89. The van der Waals surface area contributed by atoms with Gasteiger partial charge in [0.1, 0.15) is 0 Å². The van der Waals surface area contributed by atoms with Crippen LogP contribution in [0.25, 0.3) is 0 Å². The molecule has 3 heteroatoms. The summed E-state index contributed by atoms with van der Waals surface area (Å²) in [6.07, 6.45) is 5.60. The van der Waals surface area contributed by atoms with Crippen molar-refractivity contribution in [3.63, 3.8) is 0 Å². The molecule has 0 aliphatic rings. The van der Waals surface area contributed by atoms with Crippen LogP contribution in [0.4, 0.5) is 0 Å². The van der Waals surface area contributed by atoms with Gasteiger partial charge < -0.3 is 24.8 Å². The molecule has 0 radical (unpaired) electrons. The van der Waals surface area contributed by atoms with Crippen molar-refractivity contribution in [1.82, 2.24) is 0 Å². The zero-order chi connectivity index (χ0) is 6.41. The molecule has 0 aromatic heterocycles. The van der Waals surface area contributed by atoms with Gasteiger partial charge in [0, 0.05) is 0 Å². The fourth-order valence-corrected chi connectivity index (χ4v) is 0.803. The number of rotatable bonds is 4. The zero-order valence-electron chi connectivity index (χ0n) is 7.87. The largest absolute Gasteiger partial charge is 2.00 e. The fourth-order valence-electron chi connectivity index (χ4n) is 0.803. The second kappa shape index (κ2) is 17.4. The molecule has 0 saturated heterocycles. The molecule has 0 heterocycles. The van der Waals surface area contributed by atoms with Crippen molar-refractivity contribution in [2.75, 3.05) is 0 Å². The number of hydrogen-bond acceptors (Lipinski definition) is 0. The number of halogens is 2. The Morgan fingerprint density at radius 1 is 1.00 bits per heavy atom. The average Bonchev–Trinajstić information content (AvgIpc) is 1.66. The Morgan fingerprint density at radius 2 is 1.45 bits per heavy atom. The molecule has 0 N–H and O–H groups in total. The van der Waals surface area contributed by atoms with Crippen LogP contribution in [-0.4, -0.2) is 23.1 Å². The standard InChI is InChI=1S/C8H18.2ClH.Mg/c1-4-5-6-7-8(2)3;;;/h8H,4-7H2,1-3H3;2*1H;/q;;;+2/p-2. The van der Waals surface area contributed by atoms with Crippen molar-refractivity contribution in [3.8, 4) is 0 Å². The molecule has 0 rings (SSSR count). The predicted molar refractivity (Wildman–Crippen MR) is 44.7 cm³/mol. The molecule has 0 bridgehead atoms. The molecule has 0 unspecified atom stereocenters. The van der Waals surface area contributed by atoms with Gasteiger partial charge in [-0.2, -0.15) is 0 Å². The first-order valence-electron chi connectivity index (χ1n) is 3.77. The smallest absolute Gasteiger partial charge is 1.00 e. The first-order valence-corrected chi connectivity index (χ1v) is 3.77. The zero-order valence-corrected chi connectivity index (χ0v) is 10.8. The van der Waals surface area contributed by atoms with Gasteiger partial charge in [-0.25, -0.2) is 0 Å². The minimum absolute atomic E-state index is 0. The minimum atomic E-state index is 0. The van der Waals surface area contributed by atoms with Crippen LogP contribution in [0, 0.1) is 5.92 Å². The monoisotopic (exact) mass is 208 g/mol. The van der Waals surface area contributed by atoms with Gasteiger partial charge >= 0.3 is 23.1 Å². The third-order valence-electron chi connectivity index (χ3n) is 1.39. The van der Waals surface area contributed by atoms with Gasteiger partial charge in [-0.1, -0.05) is 46.5 Å². The molecule has 0 aromatic carbocycles. The van der Waals surface area contributed by atoms with E-state index >= 15 is 0 Å². The summed E-state index contributed by atoms with van der Waals surface area (Å²) < 4.78 is 0. The van der Waals surface area contributed by atoms with E-state index in [9.17, 15) is 0 Å². The molecule has 0 atom stereocenters. The number of hydrogen-bond donors (Lipinski definition) is 0. The third-order valence-corrected chi connectivity index (χ3v) is 1.39. The van der Waals surface area contributed by atoms with E-state index in [2.05, 4.69) is 20.8 Å². The molecule has 0 nitrogen and oxygen atoms in total. The maximum atomic E-state index is 2.29. The van der Waals surface area contributed by atoms with Gasteiger partial charge in [0.2, 0.25) is 0 Å². The van der Waals surface area contributed by atoms with Crippen LogP contribution in [0.1, 0.15) is 46.5 Å². The summed E-state index contributed by atoms with van der Waals surface area (Å²) in [5.74, 6) is 0.904. The summed E-state index contributed by atoms with van der Waals surface area (Å²) in [4.78, 5) is 0. The van der Waals surface area contributed by atoms with Crippen LogP contribution in [0.5, 0.6) is 0 Å². The topological polar surface area (TPSA) is 0 Å². The first-order chi connectivity index (χ1) is 3.77. The normalized spacial score (nSPS) is 7.64. The van der Waals surface area contributed by atoms with Crippen LogP contribution in [0.15, 0.2) is 0 Å². The molecular formula is C8H18Cl2Mg. The molecule has 0 aromatic rings. The summed E-state index contributed by atoms with van der Waals surface area (Å²) in [6, 6.07) is 0. The van der Waals surface area contributed by atoms with Crippen molar-refractivity contribution in [3.05, 3.63) is 0 Å². The first kappa shape index (κ1) is 22.8. The number of unbranched alkanes of at least 4 members (excludes halogenated alkanes) is 2. The predicted octanol–water partition coefficient (Wildman–Crippen LogP) is -3.15. The minimum Gasteiger partial charge on any atom is -1.00 e. The molecule has 0 spiro atoms. The molecule has 0 amide bonds. The van der Waals surface area contributed by atoms with Crippen LogP contribution < -0.4 is 24.8 Å². The van der Waals surface area contributed by atoms with Gasteiger partial charge in [-0.05, 0) is 5.92 Å². The fraction of sp³-hybridized carbons (Fsp3) is 1.00. The van der Waals surface area contributed by atoms with E-state index in [1.807, 2.05) is 0 Å². The van der Waals surface area contributed by atoms with Gasteiger partial charge in [-0.3, -0.25) is 0 Å². The average molecular weight is 209 g/mol. The van der Waals surface area contributed by atoms with Crippen LogP contribution >= 0.6 is 0 Å². The van der Waals surface area contributed by atoms with E-state index in [-0.39, 0.29) is 47.9 Å². The van der Waals surface area contributed by atoms with E-state index < -0.39 is 0 Å². The van der Waals surface area contributed by atoms with E-state index in [4.69, 9.17) is 0 Å². The van der Waals surface area contributed by atoms with Gasteiger partial charge in [0.25, 0.3) is 0 Å². The van der Waals surface area contributed by atoms with E-state index in [1.54, 1.807) is 0 Å². The van der Waals surface area contributed by atoms with Crippen molar-refractivity contribution < 1.29 is 24.8 Å². The molecular weight excluding hydrogens is 191 g/mol. The van der Waals surface area contributed by atoms with Crippen LogP contribution in [-0.2, 0) is 0 Å². The van der Waals surface area contributed by atoms with E-state index in [1.165, 1.54) is 25.7 Å². The third kappa shape index (κ3) is 24.6. The van der Waals surface area contributed by atoms with E-state index in [0.29, 0.717) is 0 Å². The van der Waals surface area contributed by atoms with Crippen molar-refractivity contribution in [2.24, 2.45) is 5.92 Å². The summed E-state index contributed by atoms with van der Waals surface area (Å²) in [5, 5.41) is 0. The quantitative estimate of drug-likeness (QED) is 0.339. The Labute approximate surface area is 99.9 Å². The maximum Gasteiger partial charge on any atom is 2.00 e. The van der Waals surface area contributed by atoms with Gasteiger partial charge in [0.05, 0.1) is 0 Å². The molecule has 11 heavy (non-hydrogen) atoms. The van der Waals surface area contributed by atoms with Crippen molar-refractivity contribution in [1.29, 1.82) is 0 Å². The molecule has 0 saturated carbocycles. The van der Waals surface area contributed by atoms with Crippen molar-refractivity contribution >= 4 is 23.1 Å². The summed E-state index contributed by atoms with van der Waals surface area (Å²) >= 11 is 0. The summed E-state index contributed by atoms with van der Waals surface area (Å²) in [6.45, 7) is 6.83. The Morgan fingerprint density at radius 3 is 1.73 bits per heavy atom. The Bertz CT molecular complexity index is 49.4. The van der Waals surface area contributed by atoms with E-state index in [0.717, 1.165) is 5.92 Å². The maximum absolute atomic E-state index is 2.29. The molecule has 0 fully saturated rings. The van der Waals surface area contributed by atoms with Gasteiger partial charge in [0.15, 0.2) is 0 Å². The Hall–Kier alpha value is 1.35. The van der Waals surface area contributed by atoms with Crippen molar-refractivity contribution in [2.45, 2.75) is 46.5 Å². The Balaban J connectivity index is -0.0000000817. The molecule has 66 valence electrons. The van der Waals surface area contributed by atoms with Crippen LogP contribution in [0.3, 0.4) is 0 Å².